The molecule has 2 spiro atoms. The molecule has 6 rings (SSSR count). The number of aliphatic hydroxyl groups excluding tert-OH is 2. The van der Waals surface area contributed by atoms with Gasteiger partial charge in [0.05, 0.1) is 12.2 Å². The first-order valence-corrected chi connectivity index (χ1v) is 10.6. The lowest BCUT2D eigenvalue weighted by atomic mass is 9.43. The van der Waals surface area contributed by atoms with E-state index in [9.17, 15) is 15.0 Å². The molecule has 1 aliphatic heterocycles. The second-order valence-corrected chi connectivity index (χ2v) is 10.7. The van der Waals surface area contributed by atoms with Gasteiger partial charge in [0.15, 0.2) is 0 Å². The Kier molecular flexibility index (Phi) is 2.80. The maximum Gasteiger partial charge on any atom is 0.140 e. The Balaban J connectivity index is 1.62. The SMILES string of the molecule is C=C1C2C[C@@]3(C4CC5[C@@]6(C)CC[C@H](O)[C@]5(C3CC2=O)[C@@H]4N(CC)C6)[C@@H]1O. The van der Waals surface area contributed by atoms with E-state index in [1.54, 1.807) is 0 Å². The van der Waals surface area contributed by atoms with Crippen LogP contribution in [-0.4, -0.2) is 52.2 Å². The molecule has 4 heteroatoms. The molecular weight excluding hydrogens is 326 g/mol. The van der Waals surface area contributed by atoms with Gasteiger partial charge in [-0.2, -0.15) is 0 Å². The average molecular weight is 357 g/mol. The number of likely N-dealkylation sites (tertiary alicyclic amines) is 1. The number of fused-ring (bicyclic) bond motifs is 1. The topological polar surface area (TPSA) is 60.8 Å². The summed E-state index contributed by atoms with van der Waals surface area (Å²) in [6.07, 6.45) is 3.50. The summed E-state index contributed by atoms with van der Waals surface area (Å²) in [4.78, 5) is 15.6. The van der Waals surface area contributed by atoms with E-state index in [1.807, 2.05) is 0 Å². The van der Waals surface area contributed by atoms with Gasteiger partial charge in [0, 0.05) is 35.8 Å². The minimum atomic E-state index is -0.561. The van der Waals surface area contributed by atoms with Crippen molar-refractivity contribution in [3.63, 3.8) is 0 Å². The van der Waals surface area contributed by atoms with E-state index in [0.29, 0.717) is 24.3 Å². The van der Waals surface area contributed by atoms with Gasteiger partial charge in [-0.1, -0.05) is 20.4 Å². The van der Waals surface area contributed by atoms with E-state index < -0.39 is 6.10 Å². The number of Topliss-reactive ketones (excluding diaryl/α,β-unsaturated/α-hetero) is 1. The third-order valence-electron chi connectivity index (χ3n) is 10.4. The lowest BCUT2D eigenvalue weighted by molar-refractivity contribution is -0.211. The molecule has 5 saturated carbocycles. The Hall–Kier alpha value is -0.710. The van der Waals surface area contributed by atoms with Gasteiger partial charge in [-0.25, -0.2) is 0 Å². The molecule has 5 aliphatic carbocycles. The number of rotatable bonds is 1. The number of hydrogen-bond acceptors (Lipinski definition) is 4. The zero-order chi connectivity index (χ0) is 18.2. The fraction of sp³-hybridized carbons (Fsp3) is 0.864. The highest BCUT2D eigenvalue weighted by Crippen LogP contribution is 2.83. The van der Waals surface area contributed by atoms with E-state index in [-0.39, 0.29) is 40.0 Å². The molecule has 7 bridgehead atoms. The van der Waals surface area contributed by atoms with Crippen LogP contribution in [0.3, 0.4) is 0 Å². The number of carbonyl (C=O) groups is 1. The molecule has 1 heterocycles. The van der Waals surface area contributed by atoms with Crippen LogP contribution in [0.1, 0.15) is 46.0 Å². The average Bonchev–Trinajstić information content (AvgIpc) is 3.14. The summed E-state index contributed by atoms with van der Waals surface area (Å²) in [6.45, 7) is 10.9. The van der Waals surface area contributed by atoms with Crippen LogP contribution in [0.4, 0.5) is 0 Å². The van der Waals surface area contributed by atoms with Crippen LogP contribution in [0, 0.1) is 39.9 Å². The number of carbonyl (C=O) groups excluding carboxylic acids is 1. The van der Waals surface area contributed by atoms with Crippen LogP contribution in [0.15, 0.2) is 12.2 Å². The zero-order valence-corrected chi connectivity index (χ0v) is 15.9. The highest BCUT2D eigenvalue weighted by atomic mass is 16.3. The maximum absolute atomic E-state index is 13.0. The standard InChI is InChI=1S/C22H31NO3/c1-4-23-10-20(3)6-5-17(25)22-15(20)7-13(18(22)23)21-9-12(11(2)19(21)26)14(24)8-16(21)22/h12-13,15-19,25-26H,2,4-10H2,1,3H3/t12?,13?,15?,16?,17-,18+,19+,20-,21-,22-/m0/s1. The van der Waals surface area contributed by atoms with Crippen LogP contribution in [-0.2, 0) is 4.79 Å². The van der Waals surface area contributed by atoms with Crippen LogP contribution >= 0.6 is 0 Å². The van der Waals surface area contributed by atoms with E-state index in [4.69, 9.17) is 0 Å². The Morgan fingerprint density at radius 3 is 2.81 bits per heavy atom. The third-order valence-corrected chi connectivity index (χ3v) is 10.4. The van der Waals surface area contributed by atoms with Crippen molar-refractivity contribution in [1.82, 2.24) is 4.90 Å². The summed E-state index contributed by atoms with van der Waals surface area (Å²) in [5.74, 6) is 1.16. The maximum atomic E-state index is 13.0. The summed E-state index contributed by atoms with van der Waals surface area (Å²) in [6, 6.07) is 0.331. The predicted octanol–water partition coefficient (Wildman–Crippen LogP) is 2.00. The summed E-state index contributed by atoms with van der Waals surface area (Å²) in [5, 5.41) is 22.8. The molecule has 1 saturated heterocycles. The van der Waals surface area contributed by atoms with E-state index in [1.165, 1.54) is 0 Å². The largest absolute Gasteiger partial charge is 0.392 e. The quantitative estimate of drug-likeness (QED) is 0.705. The van der Waals surface area contributed by atoms with Crippen molar-refractivity contribution >= 4 is 5.78 Å². The Labute approximate surface area is 155 Å². The third kappa shape index (κ3) is 1.33. The molecule has 26 heavy (non-hydrogen) atoms. The fourth-order valence-electron chi connectivity index (χ4n) is 9.75. The summed E-state index contributed by atoms with van der Waals surface area (Å²) < 4.78 is 0. The number of aliphatic hydroxyl groups is 2. The van der Waals surface area contributed by atoms with Gasteiger partial charge < -0.3 is 10.2 Å². The zero-order valence-electron chi connectivity index (χ0n) is 15.9. The Morgan fingerprint density at radius 1 is 1.31 bits per heavy atom. The summed E-state index contributed by atoms with van der Waals surface area (Å²) >= 11 is 0. The lowest BCUT2D eigenvalue weighted by Gasteiger charge is -2.65. The summed E-state index contributed by atoms with van der Waals surface area (Å²) in [7, 11) is 0. The van der Waals surface area contributed by atoms with Crippen LogP contribution < -0.4 is 0 Å². The number of ketones is 1. The van der Waals surface area contributed by atoms with Gasteiger partial charge in [0.25, 0.3) is 0 Å². The summed E-state index contributed by atoms with van der Waals surface area (Å²) in [5.41, 5.74) is 0.598. The molecule has 6 aliphatic rings. The van der Waals surface area contributed by atoms with E-state index in [2.05, 4.69) is 25.3 Å². The Bertz CT molecular complexity index is 735. The number of nitrogens with zero attached hydrogens (tertiary/aromatic N) is 1. The van der Waals surface area contributed by atoms with Crippen molar-refractivity contribution in [2.45, 2.75) is 64.2 Å². The molecular formula is C22H31NO3. The molecule has 142 valence electrons. The molecule has 10 atom stereocenters. The van der Waals surface area contributed by atoms with E-state index >= 15 is 0 Å². The molecule has 0 amide bonds. The van der Waals surface area contributed by atoms with Crippen molar-refractivity contribution in [2.24, 2.45) is 39.9 Å². The molecule has 4 nitrogen and oxygen atoms in total. The van der Waals surface area contributed by atoms with Crippen LogP contribution in [0.25, 0.3) is 0 Å². The predicted molar refractivity (Wildman–Crippen MR) is 97.2 cm³/mol. The van der Waals surface area contributed by atoms with Crippen molar-refractivity contribution in [3.8, 4) is 0 Å². The van der Waals surface area contributed by atoms with Crippen molar-refractivity contribution in [1.29, 1.82) is 0 Å². The van der Waals surface area contributed by atoms with Crippen molar-refractivity contribution in [2.75, 3.05) is 13.1 Å². The highest BCUT2D eigenvalue weighted by molar-refractivity contribution is 5.87. The molecule has 0 aromatic heterocycles. The normalized spacial score (nSPS) is 62.7. The fourth-order valence-corrected chi connectivity index (χ4v) is 9.75. The Morgan fingerprint density at radius 2 is 2.08 bits per heavy atom. The van der Waals surface area contributed by atoms with Crippen molar-refractivity contribution in [3.05, 3.63) is 12.2 Å². The molecule has 0 aromatic carbocycles. The first-order valence-electron chi connectivity index (χ1n) is 10.6. The molecule has 4 unspecified atom stereocenters. The first kappa shape index (κ1) is 16.3. The van der Waals surface area contributed by atoms with Gasteiger partial charge in [-0.15, -0.1) is 0 Å². The van der Waals surface area contributed by atoms with Gasteiger partial charge in [0.1, 0.15) is 5.78 Å². The van der Waals surface area contributed by atoms with Gasteiger partial charge >= 0.3 is 0 Å². The molecule has 6 fully saturated rings. The number of piperidine rings is 1. The van der Waals surface area contributed by atoms with Crippen LogP contribution in [0.5, 0.6) is 0 Å². The number of hydrogen-bond donors (Lipinski definition) is 2. The van der Waals surface area contributed by atoms with Gasteiger partial charge in [0.2, 0.25) is 0 Å². The second kappa shape index (κ2) is 4.47. The monoisotopic (exact) mass is 357 g/mol. The van der Waals surface area contributed by atoms with Crippen LogP contribution in [0.2, 0.25) is 0 Å². The van der Waals surface area contributed by atoms with Gasteiger partial charge in [-0.05, 0) is 61.0 Å². The van der Waals surface area contributed by atoms with Crippen molar-refractivity contribution < 1.29 is 15.0 Å². The molecule has 0 radical (unpaired) electrons. The minimum Gasteiger partial charge on any atom is -0.392 e. The minimum absolute atomic E-state index is 0.130. The lowest BCUT2D eigenvalue weighted by Crippen LogP contribution is -2.68. The molecule has 2 N–H and O–H groups in total. The second-order valence-electron chi connectivity index (χ2n) is 10.7. The smallest absolute Gasteiger partial charge is 0.140 e. The first-order chi connectivity index (χ1) is 12.3. The van der Waals surface area contributed by atoms with E-state index in [0.717, 1.165) is 44.3 Å². The van der Waals surface area contributed by atoms with Gasteiger partial charge in [-0.3, -0.25) is 9.69 Å². The highest BCUT2D eigenvalue weighted by Gasteiger charge is 2.85. The molecule has 0 aromatic rings.